The minimum absolute atomic E-state index is 0.00753. The summed E-state index contributed by atoms with van der Waals surface area (Å²) in [5, 5.41) is 7.13. The molecular weight excluding hydrogens is 516 g/mol. The molecule has 2 aromatic heterocycles. The maximum absolute atomic E-state index is 12.7. The van der Waals surface area contributed by atoms with E-state index in [1.165, 1.54) is 44.6 Å². The SMILES string of the molecule is COc1cc(NS(=O)(=O)c2ccc(NC(=O)CCn3nc(C)c(Br)c3C)cc2)nc(OC)n1. The predicted octanol–water partition coefficient (Wildman–Crippen LogP) is 2.90. The number of amides is 1. The summed E-state index contributed by atoms with van der Waals surface area (Å²) in [6, 6.07) is 7.06. The van der Waals surface area contributed by atoms with Crippen LogP contribution in [0.5, 0.6) is 11.9 Å². The number of methoxy groups -OCH3 is 2. The van der Waals surface area contributed by atoms with Crippen molar-refractivity contribution in [1.29, 1.82) is 0 Å². The van der Waals surface area contributed by atoms with Crippen LogP contribution in [0.2, 0.25) is 0 Å². The van der Waals surface area contributed by atoms with Gasteiger partial charge in [0.2, 0.25) is 11.8 Å². The number of ether oxygens (including phenoxy) is 2. The van der Waals surface area contributed by atoms with E-state index < -0.39 is 10.0 Å². The number of hydrogen-bond acceptors (Lipinski definition) is 8. The average Bonchev–Trinajstić information content (AvgIpc) is 3.04. The Kier molecular flexibility index (Phi) is 7.53. The largest absolute Gasteiger partial charge is 0.481 e. The number of anilines is 2. The molecule has 0 atom stereocenters. The van der Waals surface area contributed by atoms with Crippen molar-refractivity contribution in [2.24, 2.45) is 0 Å². The molecule has 0 saturated heterocycles. The Morgan fingerprint density at radius 1 is 1.12 bits per heavy atom. The van der Waals surface area contributed by atoms with Crippen LogP contribution in [0, 0.1) is 13.8 Å². The molecule has 3 aromatic rings. The molecule has 0 fully saturated rings. The average molecular weight is 539 g/mol. The number of benzene rings is 1. The normalized spacial score (nSPS) is 11.2. The molecule has 3 rings (SSSR count). The second kappa shape index (κ2) is 10.2. The fourth-order valence-corrected chi connectivity index (χ4v) is 4.17. The van der Waals surface area contributed by atoms with Crippen LogP contribution in [0.25, 0.3) is 0 Å². The van der Waals surface area contributed by atoms with E-state index in [-0.39, 0.29) is 34.9 Å². The Morgan fingerprint density at radius 2 is 1.82 bits per heavy atom. The Labute approximate surface area is 199 Å². The lowest BCUT2D eigenvalue weighted by Crippen LogP contribution is -2.16. The van der Waals surface area contributed by atoms with E-state index in [4.69, 9.17) is 9.47 Å². The first kappa shape index (κ1) is 24.5. The van der Waals surface area contributed by atoms with E-state index in [0.717, 1.165) is 15.9 Å². The summed E-state index contributed by atoms with van der Waals surface area (Å²) in [7, 11) is -1.19. The highest BCUT2D eigenvalue weighted by atomic mass is 79.9. The molecule has 0 aliphatic heterocycles. The molecule has 0 saturated carbocycles. The van der Waals surface area contributed by atoms with Crippen molar-refractivity contribution in [2.45, 2.75) is 31.7 Å². The number of aryl methyl sites for hydroxylation is 2. The molecule has 0 aliphatic rings. The molecule has 2 heterocycles. The smallest absolute Gasteiger partial charge is 0.321 e. The second-order valence-electron chi connectivity index (χ2n) is 6.92. The van der Waals surface area contributed by atoms with E-state index in [1.807, 2.05) is 13.8 Å². The van der Waals surface area contributed by atoms with Crippen molar-refractivity contribution in [3.8, 4) is 11.9 Å². The van der Waals surface area contributed by atoms with Crippen molar-refractivity contribution >= 4 is 43.4 Å². The van der Waals surface area contributed by atoms with Crippen molar-refractivity contribution in [1.82, 2.24) is 19.7 Å². The minimum Gasteiger partial charge on any atom is -0.481 e. The zero-order valence-corrected chi connectivity index (χ0v) is 20.8. The van der Waals surface area contributed by atoms with Crippen LogP contribution in [0.15, 0.2) is 39.7 Å². The van der Waals surface area contributed by atoms with Gasteiger partial charge in [-0.2, -0.15) is 15.1 Å². The standard InChI is InChI=1S/C20H23BrN6O5S/c1-12-19(21)13(2)27(25-12)10-9-17(28)22-14-5-7-15(8-6-14)33(29,30)26-16-11-18(31-3)24-20(23-16)32-4/h5-8,11H,9-10H2,1-4H3,(H,22,28)(H,23,24,26). The lowest BCUT2D eigenvalue weighted by Gasteiger charge is -2.10. The highest BCUT2D eigenvalue weighted by Gasteiger charge is 2.17. The van der Waals surface area contributed by atoms with Gasteiger partial charge in [0.25, 0.3) is 10.0 Å². The monoisotopic (exact) mass is 538 g/mol. The van der Waals surface area contributed by atoms with Gasteiger partial charge in [-0.25, -0.2) is 8.42 Å². The summed E-state index contributed by atoms with van der Waals surface area (Å²) in [6.45, 7) is 4.23. The van der Waals surface area contributed by atoms with Crippen LogP contribution < -0.4 is 19.5 Å². The molecule has 0 unspecified atom stereocenters. The Hall–Kier alpha value is -3.19. The van der Waals surface area contributed by atoms with Gasteiger partial charge in [-0.1, -0.05) is 0 Å². The number of nitrogens with zero attached hydrogens (tertiary/aromatic N) is 4. The fraction of sp³-hybridized carbons (Fsp3) is 0.300. The van der Waals surface area contributed by atoms with E-state index in [0.29, 0.717) is 12.2 Å². The van der Waals surface area contributed by atoms with E-state index in [1.54, 1.807) is 4.68 Å². The third kappa shape index (κ3) is 5.99. The van der Waals surface area contributed by atoms with Crippen LogP contribution >= 0.6 is 15.9 Å². The molecule has 0 bridgehead atoms. The highest BCUT2D eigenvalue weighted by molar-refractivity contribution is 9.10. The van der Waals surface area contributed by atoms with E-state index in [2.05, 4.69) is 41.0 Å². The molecule has 2 N–H and O–H groups in total. The third-order valence-electron chi connectivity index (χ3n) is 4.60. The van der Waals surface area contributed by atoms with Gasteiger partial charge in [0.15, 0.2) is 5.82 Å². The minimum atomic E-state index is -3.94. The van der Waals surface area contributed by atoms with Crippen LogP contribution in [-0.4, -0.2) is 48.3 Å². The number of hydrogen-bond donors (Lipinski definition) is 2. The Bertz CT molecular complexity index is 1240. The van der Waals surface area contributed by atoms with Gasteiger partial charge in [-0.3, -0.25) is 14.2 Å². The summed E-state index contributed by atoms with van der Waals surface area (Å²) < 4.78 is 40.4. The van der Waals surface area contributed by atoms with Gasteiger partial charge in [-0.05, 0) is 54.0 Å². The lowest BCUT2D eigenvalue weighted by atomic mass is 10.3. The molecule has 33 heavy (non-hydrogen) atoms. The van der Waals surface area contributed by atoms with E-state index >= 15 is 0 Å². The number of carbonyl (C=O) groups excluding carboxylic acids is 1. The van der Waals surface area contributed by atoms with Crippen molar-refractivity contribution in [2.75, 3.05) is 24.3 Å². The van der Waals surface area contributed by atoms with Crippen LogP contribution in [0.3, 0.4) is 0 Å². The molecule has 1 amide bonds. The molecule has 0 spiro atoms. The van der Waals surface area contributed by atoms with Gasteiger partial charge in [0.1, 0.15) is 0 Å². The summed E-state index contributed by atoms with van der Waals surface area (Å²) in [5.74, 6) is -0.0788. The molecule has 176 valence electrons. The lowest BCUT2D eigenvalue weighted by molar-refractivity contribution is -0.116. The van der Waals surface area contributed by atoms with Gasteiger partial charge in [0, 0.05) is 23.9 Å². The third-order valence-corrected chi connectivity index (χ3v) is 7.12. The predicted molar refractivity (Wildman–Crippen MR) is 125 cm³/mol. The first-order valence-corrected chi connectivity index (χ1v) is 12.0. The molecule has 0 aliphatic carbocycles. The van der Waals surface area contributed by atoms with Gasteiger partial charge in [0.05, 0.1) is 35.8 Å². The topological polar surface area (TPSA) is 137 Å². The van der Waals surface area contributed by atoms with Gasteiger partial charge >= 0.3 is 6.01 Å². The summed E-state index contributed by atoms with van der Waals surface area (Å²) in [5.41, 5.74) is 2.28. The van der Waals surface area contributed by atoms with Crippen LogP contribution in [0.1, 0.15) is 17.8 Å². The van der Waals surface area contributed by atoms with Crippen LogP contribution in [0.4, 0.5) is 11.5 Å². The summed E-state index contributed by atoms with van der Waals surface area (Å²) in [4.78, 5) is 20.2. The van der Waals surface area contributed by atoms with Crippen molar-refractivity contribution in [3.63, 3.8) is 0 Å². The summed E-state index contributed by atoms with van der Waals surface area (Å²) in [6.07, 6.45) is 0.216. The molecule has 13 heteroatoms. The number of halogens is 1. The fourth-order valence-electron chi connectivity index (χ4n) is 2.89. The van der Waals surface area contributed by atoms with Crippen LogP contribution in [-0.2, 0) is 21.4 Å². The van der Waals surface area contributed by atoms with Crippen molar-refractivity contribution < 1.29 is 22.7 Å². The number of rotatable bonds is 9. The van der Waals surface area contributed by atoms with Crippen molar-refractivity contribution in [3.05, 3.63) is 46.2 Å². The highest BCUT2D eigenvalue weighted by Crippen LogP contribution is 2.22. The Morgan fingerprint density at radius 3 is 2.39 bits per heavy atom. The zero-order chi connectivity index (χ0) is 24.2. The van der Waals surface area contributed by atoms with E-state index in [9.17, 15) is 13.2 Å². The Balaban J connectivity index is 1.64. The quantitative estimate of drug-likeness (QED) is 0.424. The zero-order valence-electron chi connectivity index (χ0n) is 18.4. The number of sulfonamides is 1. The first-order chi connectivity index (χ1) is 15.6. The number of carbonyl (C=O) groups is 1. The molecule has 11 nitrogen and oxygen atoms in total. The summed E-state index contributed by atoms with van der Waals surface area (Å²) >= 11 is 3.46. The number of nitrogens with one attached hydrogen (secondary N) is 2. The molecular formula is C20H23BrN6O5S. The molecule has 1 aromatic carbocycles. The number of aromatic nitrogens is 4. The maximum atomic E-state index is 12.7. The second-order valence-corrected chi connectivity index (χ2v) is 9.39. The maximum Gasteiger partial charge on any atom is 0.321 e. The van der Waals surface area contributed by atoms with Gasteiger partial charge < -0.3 is 14.8 Å². The molecule has 0 radical (unpaired) electrons. The van der Waals surface area contributed by atoms with Gasteiger partial charge in [-0.15, -0.1) is 0 Å². The first-order valence-electron chi connectivity index (χ1n) is 9.72.